The van der Waals surface area contributed by atoms with Gasteiger partial charge in [-0.2, -0.15) is 5.26 Å². The summed E-state index contributed by atoms with van der Waals surface area (Å²) in [5.74, 6) is 0. The van der Waals surface area contributed by atoms with Crippen LogP contribution in [0.2, 0.25) is 0 Å². The highest BCUT2D eigenvalue weighted by atomic mass is 16.3. The predicted molar refractivity (Wildman–Crippen MR) is 58.5 cm³/mol. The molecule has 2 rings (SSSR count). The highest BCUT2D eigenvalue weighted by Crippen LogP contribution is 2.39. The van der Waals surface area contributed by atoms with Crippen molar-refractivity contribution in [1.29, 1.82) is 5.26 Å². The minimum absolute atomic E-state index is 0.481. The van der Waals surface area contributed by atoms with Gasteiger partial charge >= 0.3 is 0 Å². The van der Waals surface area contributed by atoms with E-state index in [4.69, 9.17) is 5.26 Å². The first-order chi connectivity index (χ1) is 7.04. The lowest BCUT2D eigenvalue weighted by Gasteiger charge is -2.12. The first-order valence-electron chi connectivity index (χ1n) is 5.27. The number of aryl methyl sites for hydroxylation is 1. The fourth-order valence-corrected chi connectivity index (χ4v) is 1.86. The standard InChI is InChI=1S/C13H15NO/c1-9-5-11(8-14)6-12(10(9)2)7-13(15)3-4-13/h5-6,15H,3-4,7H2,1-2H3. The summed E-state index contributed by atoms with van der Waals surface area (Å²) in [4.78, 5) is 0. The third kappa shape index (κ3) is 2.03. The zero-order valence-corrected chi connectivity index (χ0v) is 9.17. The maximum atomic E-state index is 9.88. The minimum Gasteiger partial charge on any atom is -0.390 e. The molecular formula is C13H15NO. The Bertz CT molecular complexity index is 439. The highest BCUT2D eigenvalue weighted by molar-refractivity contribution is 5.43. The molecule has 0 saturated heterocycles. The van der Waals surface area contributed by atoms with E-state index in [2.05, 4.69) is 13.0 Å². The Morgan fingerprint density at radius 1 is 1.40 bits per heavy atom. The van der Waals surface area contributed by atoms with Crippen molar-refractivity contribution in [2.45, 2.75) is 38.7 Å². The summed E-state index contributed by atoms with van der Waals surface area (Å²) >= 11 is 0. The molecule has 15 heavy (non-hydrogen) atoms. The van der Waals surface area contributed by atoms with Crippen LogP contribution in [0.3, 0.4) is 0 Å². The van der Waals surface area contributed by atoms with E-state index in [1.807, 2.05) is 19.1 Å². The molecule has 0 spiro atoms. The summed E-state index contributed by atoms with van der Waals surface area (Å²) < 4.78 is 0. The van der Waals surface area contributed by atoms with Crippen LogP contribution >= 0.6 is 0 Å². The van der Waals surface area contributed by atoms with Gasteiger partial charge in [0.15, 0.2) is 0 Å². The molecule has 0 heterocycles. The minimum atomic E-state index is -0.481. The average Bonchev–Trinajstić information content (AvgIpc) is 2.91. The Balaban J connectivity index is 2.37. The SMILES string of the molecule is Cc1cc(C#N)cc(CC2(O)CC2)c1C. The molecule has 2 nitrogen and oxygen atoms in total. The largest absolute Gasteiger partial charge is 0.390 e. The van der Waals surface area contributed by atoms with E-state index in [0.29, 0.717) is 12.0 Å². The summed E-state index contributed by atoms with van der Waals surface area (Å²) in [5, 5.41) is 18.8. The lowest BCUT2D eigenvalue weighted by molar-refractivity contribution is 0.151. The van der Waals surface area contributed by atoms with Gasteiger partial charge in [0, 0.05) is 6.42 Å². The van der Waals surface area contributed by atoms with Crippen LogP contribution in [0.1, 0.15) is 35.1 Å². The number of aliphatic hydroxyl groups is 1. The molecule has 0 radical (unpaired) electrons. The van der Waals surface area contributed by atoms with E-state index in [1.54, 1.807) is 0 Å². The first kappa shape index (κ1) is 10.2. The van der Waals surface area contributed by atoms with Crippen LogP contribution in [0, 0.1) is 25.2 Å². The van der Waals surface area contributed by atoms with Gasteiger partial charge < -0.3 is 5.11 Å². The maximum absolute atomic E-state index is 9.88. The van der Waals surface area contributed by atoms with Crippen LogP contribution in [0.4, 0.5) is 0 Å². The van der Waals surface area contributed by atoms with Gasteiger partial charge in [0.1, 0.15) is 0 Å². The second-order valence-corrected chi connectivity index (χ2v) is 4.59. The van der Waals surface area contributed by atoms with E-state index in [0.717, 1.165) is 24.0 Å². The second kappa shape index (κ2) is 3.36. The molecule has 1 aliphatic rings. The number of hydrogen-bond acceptors (Lipinski definition) is 2. The van der Waals surface area contributed by atoms with Gasteiger partial charge in [0.25, 0.3) is 0 Å². The van der Waals surface area contributed by atoms with Gasteiger partial charge in [0.05, 0.1) is 17.2 Å². The Kier molecular flexibility index (Phi) is 2.28. The van der Waals surface area contributed by atoms with Crippen molar-refractivity contribution in [3.63, 3.8) is 0 Å². The molecule has 1 aromatic rings. The monoisotopic (exact) mass is 201 g/mol. The molecule has 1 fully saturated rings. The number of rotatable bonds is 2. The molecule has 78 valence electrons. The molecule has 0 atom stereocenters. The number of nitrogens with zero attached hydrogens (tertiary/aromatic N) is 1. The third-order valence-corrected chi connectivity index (χ3v) is 3.25. The Morgan fingerprint density at radius 2 is 2.07 bits per heavy atom. The molecule has 0 bridgehead atoms. The molecule has 1 N–H and O–H groups in total. The molecule has 2 heteroatoms. The van der Waals surface area contributed by atoms with Crippen LogP contribution < -0.4 is 0 Å². The van der Waals surface area contributed by atoms with Crippen LogP contribution in [-0.2, 0) is 6.42 Å². The van der Waals surface area contributed by atoms with Gasteiger partial charge in [-0.15, -0.1) is 0 Å². The topological polar surface area (TPSA) is 44.0 Å². The van der Waals surface area contributed by atoms with E-state index in [-0.39, 0.29) is 0 Å². The van der Waals surface area contributed by atoms with Crippen molar-refractivity contribution in [2.24, 2.45) is 0 Å². The van der Waals surface area contributed by atoms with Crippen LogP contribution in [0.5, 0.6) is 0 Å². The van der Waals surface area contributed by atoms with Gasteiger partial charge in [-0.05, 0) is 55.5 Å². The molecule has 1 saturated carbocycles. The Labute approximate surface area is 90.2 Å². The van der Waals surface area contributed by atoms with E-state index in [1.165, 1.54) is 5.56 Å². The fourth-order valence-electron chi connectivity index (χ4n) is 1.86. The van der Waals surface area contributed by atoms with Crippen LogP contribution in [0.25, 0.3) is 0 Å². The van der Waals surface area contributed by atoms with Crippen molar-refractivity contribution in [1.82, 2.24) is 0 Å². The van der Waals surface area contributed by atoms with Crippen molar-refractivity contribution >= 4 is 0 Å². The molecule has 0 unspecified atom stereocenters. The predicted octanol–water partition coefficient (Wildman–Crippen LogP) is 2.24. The fraction of sp³-hybridized carbons (Fsp3) is 0.462. The van der Waals surface area contributed by atoms with Gasteiger partial charge in [-0.25, -0.2) is 0 Å². The van der Waals surface area contributed by atoms with E-state index in [9.17, 15) is 5.11 Å². The summed E-state index contributed by atoms with van der Waals surface area (Å²) in [5.41, 5.74) is 3.66. The quantitative estimate of drug-likeness (QED) is 0.797. The van der Waals surface area contributed by atoms with Crippen LogP contribution in [0.15, 0.2) is 12.1 Å². The number of hydrogen-bond donors (Lipinski definition) is 1. The number of nitriles is 1. The molecule has 0 aliphatic heterocycles. The molecule has 1 aliphatic carbocycles. The van der Waals surface area contributed by atoms with Gasteiger partial charge in [0.2, 0.25) is 0 Å². The summed E-state index contributed by atoms with van der Waals surface area (Å²) in [6.45, 7) is 4.06. The average molecular weight is 201 g/mol. The second-order valence-electron chi connectivity index (χ2n) is 4.59. The van der Waals surface area contributed by atoms with Crippen molar-refractivity contribution in [3.8, 4) is 6.07 Å². The zero-order valence-electron chi connectivity index (χ0n) is 9.17. The van der Waals surface area contributed by atoms with Gasteiger partial charge in [-0.3, -0.25) is 0 Å². The Hall–Kier alpha value is -1.33. The molecular weight excluding hydrogens is 186 g/mol. The van der Waals surface area contributed by atoms with Gasteiger partial charge in [-0.1, -0.05) is 0 Å². The lowest BCUT2D eigenvalue weighted by Crippen LogP contribution is -2.12. The zero-order chi connectivity index (χ0) is 11.1. The molecule has 0 amide bonds. The summed E-state index contributed by atoms with van der Waals surface area (Å²) in [6, 6.07) is 5.96. The summed E-state index contributed by atoms with van der Waals surface area (Å²) in [7, 11) is 0. The summed E-state index contributed by atoms with van der Waals surface area (Å²) in [6.07, 6.45) is 2.47. The molecule has 1 aromatic carbocycles. The van der Waals surface area contributed by atoms with Crippen molar-refractivity contribution < 1.29 is 5.11 Å². The first-order valence-corrected chi connectivity index (χ1v) is 5.27. The lowest BCUT2D eigenvalue weighted by atomic mass is 9.95. The third-order valence-electron chi connectivity index (χ3n) is 3.25. The Morgan fingerprint density at radius 3 is 2.60 bits per heavy atom. The van der Waals surface area contributed by atoms with E-state index >= 15 is 0 Å². The van der Waals surface area contributed by atoms with E-state index < -0.39 is 5.60 Å². The smallest absolute Gasteiger partial charge is 0.0991 e. The van der Waals surface area contributed by atoms with Crippen LogP contribution in [-0.4, -0.2) is 10.7 Å². The highest BCUT2D eigenvalue weighted by Gasteiger charge is 2.40. The normalized spacial score (nSPS) is 17.2. The maximum Gasteiger partial charge on any atom is 0.0991 e. The molecule has 0 aromatic heterocycles. The van der Waals surface area contributed by atoms with Crippen molar-refractivity contribution in [2.75, 3.05) is 0 Å². The number of benzene rings is 1. The van der Waals surface area contributed by atoms with Crippen molar-refractivity contribution in [3.05, 3.63) is 34.4 Å².